The smallest absolute Gasteiger partial charge is 0.303 e. The van der Waals surface area contributed by atoms with Crippen molar-refractivity contribution in [2.24, 2.45) is 0 Å². The van der Waals surface area contributed by atoms with E-state index in [0.29, 0.717) is 13.0 Å². The van der Waals surface area contributed by atoms with Gasteiger partial charge in [-0.1, -0.05) is 48.0 Å². The van der Waals surface area contributed by atoms with E-state index in [0.717, 1.165) is 46.3 Å². The van der Waals surface area contributed by atoms with Crippen molar-refractivity contribution in [2.75, 3.05) is 0 Å². The van der Waals surface area contributed by atoms with Gasteiger partial charge in [0.1, 0.15) is 12.4 Å². The standard InChI is InChI=1S/C24H25NO3/c1-18(10-15-24(26)27)6-5-9-21-12-11-20-16-22(13-14-23(20)25-21)28-17-19-7-3-2-4-8-19/h2-4,6-8,11-14,16H,5,9-10,15,17H2,1H3,(H,26,27)/b18-6+. The first-order valence-corrected chi connectivity index (χ1v) is 9.54. The molecule has 0 amide bonds. The summed E-state index contributed by atoms with van der Waals surface area (Å²) < 4.78 is 5.88. The summed E-state index contributed by atoms with van der Waals surface area (Å²) in [6, 6.07) is 20.2. The summed E-state index contributed by atoms with van der Waals surface area (Å²) in [7, 11) is 0. The second-order valence-electron chi connectivity index (χ2n) is 6.91. The molecular formula is C24H25NO3. The number of fused-ring (bicyclic) bond motifs is 1. The fraction of sp³-hybridized carbons (Fsp3) is 0.250. The molecule has 1 aromatic heterocycles. The van der Waals surface area contributed by atoms with E-state index in [1.165, 1.54) is 0 Å². The second kappa shape index (κ2) is 9.70. The van der Waals surface area contributed by atoms with Crippen molar-refractivity contribution in [1.29, 1.82) is 0 Å². The Labute approximate surface area is 165 Å². The number of pyridine rings is 1. The van der Waals surface area contributed by atoms with Gasteiger partial charge in [-0.05, 0) is 56.0 Å². The van der Waals surface area contributed by atoms with Gasteiger partial charge in [-0.2, -0.15) is 0 Å². The molecule has 0 atom stereocenters. The summed E-state index contributed by atoms with van der Waals surface area (Å²) in [6.07, 6.45) is 4.60. The molecule has 2 aromatic carbocycles. The molecule has 28 heavy (non-hydrogen) atoms. The zero-order chi connectivity index (χ0) is 19.8. The number of ether oxygens (including phenoxy) is 1. The lowest BCUT2D eigenvalue weighted by molar-refractivity contribution is -0.136. The molecule has 1 heterocycles. The highest BCUT2D eigenvalue weighted by Gasteiger charge is 2.02. The Balaban J connectivity index is 1.58. The monoisotopic (exact) mass is 375 g/mol. The van der Waals surface area contributed by atoms with Crippen LogP contribution in [-0.4, -0.2) is 16.1 Å². The average molecular weight is 375 g/mol. The van der Waals surface area contributed by atoms with Gasteiger partial charge in [-0.3, -0.25) is 9.78 Å². The molecule has 3 rings (SSSR count). The van der Waals surface area contributed by atoms with Crippen LogP contribution in [0.15, 0.2) is 72.3 Å². The number of aryl methyl sites for hydroxylation is 1. The number of nitrogens with zero attached hydrogens (tertiary/aromatic N) is 1. The summed E-state index contributed by atoms with van der Waals surface area (Å²) in [5, 5.41) is 9.79. The van der Waals surface area contributed by atoms with Gasteiger partial charge in [0.05, 0.1) is 5.52 Å². The first-order valence-electron chi connectivity index (χ1n) is 9.54. The fourth-order valence-electron chi connectivity index (χ4n) is 2.99. The molecule has 4 heteroatoms. The first-order chi connectivity index (χ1) is 13.6. The third kappa shape index (κ3) is 5.95. The predicted molar refractivity (Wildman–Crippen MR) is 111 cm³/mol. The van der Waals surface area contributed by atoms with Gasteiger partial charge >= 0.3 is 5.97 Å². The molecule has 0 spiro atoms. The van der Waals surface area contributed by atoms with Gasteiger partial charge < -0.3 is 9.84 Å². The number of hydrogen-bond donors (Lipinski definition) is 1. The Morgan fingerprint density at radius 2 is 1.89 bits per heavy atom. The van der Waals surface area contributed by atoms with Crippen molar-refractivity contribution in [1.82, 2.24) is 4.98 Å². The van der Waals surface area contributed by atoms with Crippen molar-refractivity contribution >= 4 is 16.9 Å². The lowest BCUT2D eigenvalue weighted by Gasteiger charge is -2.08. The third-order valence-corrected chi connectivity index (χ3v) is 4.59. The highest BCUT2D eigenvalue weighted by molar-refractivity contribution is 5.80. The van der Waals surface area contributed by atoms with Crippen LogP contribution in [0.2, 0.25) is 0 Å². The van der Waals surface area contributed by atoms with E-state index in [1.807, 2.05) is 61.5 Å². The van der Waals surface area contributed by atoms with E-state index >= 15 is 0 Å². The number of carbonyl (C=O) groups is 1. The van der Waals surface area contributed by atoms with Gasteiger partial charge in [-0.25, -0.2) is 0 Å². The maximum absolute atomic E-state index is 10.6. The van der Waals surface area contributed by atoms with E-state index in [4.69, 9.17) is 14.8 Å². The van der Waals surface area contributed by atoms with Crippen LogP contribution in [0, 0.1) is 0 Å². The van der Waals surface area contributed by atoms with E-state index in [-0.39, 0.29) is 6.42 Å². The molecule has 0 radical (unpaired) electrons. The summed E-state index contributed by atoms with van der Waals surface area (Å²) >= 11 is 0. The number of aliphatic carboxylic acids is 1. The molecule has 0 unspecified atom stereocenters. The molecule has 144 valence electrons. The maximum Gasteiger partial charge on any atom is 0.303 e. The molecule has 4 nitrogen and oxygen atoms in total. The van der Waals surface area contributed by atoms with Crippen LogP contribution in [0.4, 0.5) is 0 Å². The molecule has 3 aromatic rings. The minimum atomic E-state index is -0.754. The van der Waals surface area contributed by atoms with Crippen LogP contribution < -0.4 is 4.74 Å². The van der Waals surface area contributed by atoms with E-state index in [1.54, 1.807) is 0 Å². The predicted octanol–water partition coefficient (Wildman–Crippen LogP) is 5.56. The van der Waals surface area contributed by atoms with Crippen molar-refractivity contribution in [2.45, 2.75) is 39.2 Å². The molecule has 0 aliphatic heterocycles. The van der Waals surface area contributed by atoms with Crippen LogP contribution >= 0.6 is 0 Å². The van der Waals surface area contributed by atoms with Gasteiger partial charge in [0.15, 0.2) is 0 Å². The van der Waals surface area contributed by atoms with Crippen molar-refractivity contribution in [3.63, 3.8) is 0 Å². The maximum atomic E-state index is 10.6. The van der Waals surface area contributed by atoms with E-state index in [2.05, 4.69) is 12.1 Å². The SMILES string of the molecule is C/C(=C\CCc1ccc2cc(OCc3ccccc3)ccc2n1)CCC(=O)O. The van der Waals surface area contributed by atoms with Crippen molar-refractivity contribution < 1.29 is 14.6 Å². The Hall–Kier alpha value is -3.14. The Bertz CT molecular complexity index is 964. The minimum Gasteiger partial charge on any atom is -0.489 e. The van der Waals surface area contributed by atoms with Crippen LogP contribution in [0.1, 0.15) is 37.4 Å². The lowest BCUT2D eigenvalue weighted by Crippen LogP contribution is -1.96. The molecule has 0 aliphatic carbocycles. The molecule has 0 fully saturated rings. The summed E-state index contributed by atoms with van der Waals surface area (Å²) in [4.78, 5) is 15.3. The Kier molecular flexibility index (Phi) is 6.79. The number of allylic oxidation sites excluding steroid dienone is 2. The zero-order valence-electron chi connectivity index (χ0n) is 16.1. The minimum absolute atomic E-state index is 0.186. The van der Waals surface area contributed by atoms with Gasteiger partial charge in [0.25, 0.3) is 0 Å². The fourth-order valence-corrected chi connectivity index (χ4v) is 2.99. The van der Waals surface area contributed by atoms with E-state index < -0.39 is 5.97 Å². The first kappa shape index (κ1) is 19.6. The third-order valence-electron chi connectivity index (χ3n) is 4.59. The van der Waals surface area contributed by atoms with Gasteiger partial charge in [0, 0.05) is 17.5 Å². The van der Waals surface area contributed by atoms with Gasteiger partial charge in [-0.15, -0.1) is 0 Å². The van der Waals surface area contributed by atoms with Crippen LogP contribution in [0.25, 0.3) is 10.9 Å². The Morgan fingerprint density at radius 1 is 1.07 bits per heavy atom. The molecule has 1 N–H and O–H groups in total. The highest BCUT2D eigenvalue weighted by Crippen LogP contribution is 2.21. The number of aromatic nitrogens is 1. The Morgan fingerprint density at radius 3 is 2.68 bits per heavy atom. The largest absolute Gasteiger partial charge is 0.489 e. The number of carboxylic acids is 1. The van der Waals surface area contributed by atoms with Crippen LogP contribution in [0.5, 0.6) is 5.75 Å². The summed E-state index contributed by atoms with van der Waals surface area (Å²) in [5.74, 6) is 0.0824. The van der Waals surface area contributed by atoms with E-state index in [9.17, 15) is 4.79 Å². The molecule has 0 bridgehead atoms. The molecule has 0 saturated carbocycles. The van der Waals surface area contributed by atoms with Crippen LogP contribution in [-0.2, 0) is 17.8 Å². The normalized spacial score (nSPS) is 11.5. The van der Waals surface area contributed by atoms with Gasteiger partial charge in [0.2, 0.25) is 0 Å². The van der Waals surface area contributed by atoms with Crippen molar-refractivity contribution in [3.8, 4) is 5.75 Å². The quantitative estimate of drug-likeness (QED) is 0.498. The highest BCUT2D eigenvalue weighted by atomic mass is 16.5. The molecular weight excluding hydrogens is 350 g/mol. The molecule has 0 aliphatic rings. The number of hydrogen-bond acceptors (Lipinski definition) is 3. The zero-order valence-corrected chi connectivity index (χ0v) is 16.1. The molecule has 0 saturated heterocycles. The average Bonchev–Trinajstić information content (AvgIpc) is 2.71. The number of rotatable bonds is 9. The van der Waals surface area contributed by atoms with Crippen molar-refractivity contribution in [3.05, 3.63) is 83.6 Å². The number of carboxylic acid groups (broad SMARTS) is 1. The summed E-state index contributed by atoms with van der Waals surface area (Å²) in [5.41, 5.74) is 4.25. The summed E-state index contributed by atoms with van der Waals surface area (Å²) in [6.45, 7) is 2.53. The number of benzene rings is 2. The second-order valence-corrected chi connectivity index (χ2v) is 6.91. The topological polar surface area (TPSA) is 59.4 Å². The lowest BCUT2D eigenvalue weighted by atomic mass is 10.1. The van der Waals surface area contributed by atoms with Crippen LogP contribution in [0.3, 0.4) is 0 Å².